The van der Waals surface area contributed by atoms with Gasteiger partial charge in [-0.15, -0.1) is 0 Å². The average molecular weight is 531 g/mol. The number of nitrogens with one attached hydrogen (secondary N) is 3. The predicted octanol–water partition coefficient (Wildman–Crippen LogP) is 4.99. The van der Waals surface area contributed by atoms with Crippen molar-refractivity contribution in [1.29, 1.82) is 0 Å². The number of nitrogens with two attached hydrogens (primary N) is 1. The number of primary amides is 1. The summed E-state index contributed by atoms with van der Waals surface area (Å²) < 4.78 is 5.46. The van der Waals surface area contributed by atoms with E-state index in [0.29, 0.717) is 28.2 Å². The number of aromatic nitrogens is 2. The second kappa shape index (κ2) is 14.0. The van der Waals surface area contributed by atoms with Gasteiger partial charge < -0.3 is 31.0 Å². The summed E-state index contributed by atoms with van der Waals surface area (Å²) in [6.45, 7) is 15.5. The largest absolute Gasteiger partial charge is 0.378 e. The number of benzene rings is 1. The first-order chi connectivity index (χ1) is 18.7. The van der Waals surface area contributed by atoms with E-state index < -0.39 is 5.91 Å². The number of H-pyrrole nitrogens is 1. The minimum Gasteiger partial charge on any atom is -0.378 e. The Morgan fingerprint density at radius 2 is 1.90 bits per heavy atom. The molecule has 0 spiro atoms. The van der Waals surface area contributed by atoms with Crippen LogP contribution in [0.4, 0.5) is 17.2 Å². The van der Waals surface area contributed by atoms with Crippen LogP contribution in [0.25, 0.3) is 11.8 Å². The van der Waals surface area contributed by atoms with Crippen LogP contribution in [-0.4, -0.2) is 42.2 Å². The van der Waals surface area contributed by atoms with Crippen LogP contribution in [0.3, 0.4) is 0 Å². The molecular weight excluding hydrogens is 492 g/mol. The summed E-state index contributed by atoms with van der Waals surface area (Å²) in [6, 6.07) is 11.2. The Morgan fingerprint density at radius 1 is 1.18 bits per heavy atom. The zero-order chi connectivity index (χ0) is 28.4. The molecule has 0 aliphatic carbocycles. The number of morpholine rings is 1. The van der Waals surface area contributed by atoms with Crippen LogP contribution in [0.15, 0.2) is 65.9 Å². The Kier molecular flexibility index (Phi) is 10.5. The molecule has 39 heavy (non-hydrogen) atoms. The van der Waals surface area contributed by atoms with E-state index in [-0.39, 0.29) is 5.56 Å². The minimum absolute atomic E-state index is 0.250. The van der Waals surface area contributed by atoms with E-state index in [0.717, 1.165) is 43.3 Å². The molecule has 1 saturated heterocycles. The van der Waals surface area contributed by atoms with Crippen molar-refractivity contribution in [3.05, 3.63) is 93.7 Å². The molecule has 1 aliphatic rings. The molecule has 4 rings (SSSR count). The van der Waals surface area contributed by atoms with Gasteiger partial charge in [-0.05, 0) is 67.4 Å². The maximum absolute atomic E-state index is 12.8. The molecule has 1 aliphatic heterocycles. The fourth-order valence-electron chi connectivity index (χ4n) is 4.14. The highest BCUT2D eigenvalue weighted by atomic mass is 16.5. The van der Waals surface area contributed by atoms with Crippen molar-refractivity contribution in [1.82, 2.24) is 9.97 Å². The number of carbonyl (C=O) groups is 1. The van der Waals surface area contributed by atoms with Gasteiger partial charge in [0.2, 0.25) is 5.91 Å². The Hall–Kier alpha value is -4.37. The Labute approximate surface area is 229 Å². The number of carbonyl (C=O) groups excluding carboxylic acids is 1. The maximum Gasteiger partial charge on any atom is 0.257 e. The van der Waals surface area contributed by atoms with Gasteiger partial charge in [-0.3, -0.25) is 9.59 Å². The lowest BCUT2D eigenvalue weighted by molar-refractivity contribution is 0.1000. The summed E-state index contributed by atoms with van der Waals surface area (Å²) in [5.74, 6) is 0.0133. The lowest BCUT2D eigenvalue weighted by Gasteiger charge is -2.30. The standard InChI is InChI=1S/C27H30N6O3.C3H8/c1-17-14-22(5-6-23(17)33-10-12-36-13-11-33)32-19(3)25-20(8-9-29-27(25)35)15-18(2)31-24-7-4-21(16-30-24)26(28)34;1-3-2/h4-9,14-16,32H,3,10-13H2,1-2H3,(H2,28,34)(H,29,35)(H,30,31);3H2,1-2H3/b18-15+;. The smallest absolute Gasteiger partial charge is 0.257 e. The molecule has 1 fully saturated rings. The molecule has 2 aromatic heterocycles. The van der Waals surface area contributed by atoms with Crippen LogP contribution < -0.4 is 26.8 Å². The van der Waals surface area contributed by atoms with Gasteiger partial charge >= 0.3 is 0 Å². The molecule has 1 amide bonds. The Morgan fingerprint density at radius 3 is 2.51 bits per heavy atom. The molecule has 9 heteroatoms. The van der Waals surface area contributed by atoms with Gasteiger partial charge in [-0.2, -0.15) is 0 Å². The quantitative estimate of drug-likeness (QED) is 0.323. The molecule has 9 nitrogen and oxygen atoms in total. The van der Waals surface area contributed by atoms with Crippen LogP contribution in [0.5, 0.6) is 0 Å². The Balaban J connectivity index is 0.00000134. The number of amides is 1. The molecule has 0 atom stereocenters. The average Bonchev–Trinajstić information content (AvgIpc) is 2.90. The first-order valence-electron chi connectivity index (χ1n) is 13.1. The van der Waals surface area contributed by atoms with Crippen LogP contribution in [0.1, 0.15) is 54.2 Å². The van der Waals surface area contributed by atoms with Crippen molar-refractivity contribution in [2.75, 3.05) is 41.8 Å². The van der Waals surface area contributed by atoms with E-state index in [1.54, 1.807) is 18.3 Å². The third-order valence-corrected chi connectivity index (χ3v) is 5.88. The summed E-state index contributed by atoms with van der Waals surface area (Å²) in [7, 11) is 0. The summed E-state index contributed by atoms with van der Waals surface area (Å²) in [5, 5.41) is 6.45. The number of aryl methyl sites for hydroxylation is 1. The van der Waals surface area contributed by atoms with Gasteiger partial charge in [0, 0.05) is 48.3 Å². The van der Waals surface area contributed by atoms with Gasteiger partial charge in [0.05, 0.1) is 24.3 Å². The Bertz CT molecular complexity index is 1370. The number of ether oxygens (including phenoxy) is 1. The van der Waals surface area contributed by atoms with Crippen molar-refractivity contribution in [2.24, 2.45) is 5.73 Å². The number of aromatic amines is 1. The molecule has 0 saturated carbocycles. The molecule has 5 N–H and O–H groups in total. The number of nitrogens with zero attached hydrogens (tertiary/aromatic N) is 2. The molecular formula is C30H38N6O3. The predicted molar refractivity (Wildman–Crippen MR) is 160 cm³/mol. The van der Waals surface area contributed by atoms with Crippen molar-refractivity contribution in [3.8, 4) is 0 Å². The third kappa shape index (κ3) is 8.05. The number of hydrogen-bond donors (Lipinski definition) is 4. The SMILES string of the molecule is C=C(Nc1ccc(N2CCOCC2)c(C)c1)c1c(/C=C(\C)Nc2ccc(C(N)=O)cn2)cc[nH]c1=O.CCC. The van der Waals surface area contributed by atoms with E-state index in [2.05, 4.69) is 65.0 Å². The lowest BCUT2D eigenvalue weighted by atomic mass is 10.1. The highest BCUT2D eigenvalue weighted by Crippen LogP contribution is 2.27. The monoisotopic (exact) mass is 530 g/mol. The van der Waals surface area contributed by atoms with Gasteiger partial charge in [0.15, 0.2) is 0 Å². The molecule has 0 bridgehead atoms. The van der Waals surface area contributed by atoms with Crippen molar-refractivity contribution < 1.29 is 9.53 Å². The first-order valence-corrected chi connectivity index (χ1v) is 13.1. The second-order valence-corrected chi connectivity index (χ2v) is 9.30. The lowest BCUT2D eigenvalue weighted by Crippen LogP contribution is -2.36. The number of allylic oxidation sites excluding steroid dienone is 1. The van der Waals surface area contributed by atoms with Crippen LogP contribution >= 0.6 is 0 Å². The zero-order valence-corrected chi connectivity index (χ0v) is 23.1. The molecule has 0 unspecified atom stereocenters. The van der Waals surface area contributed by atoms with Crippen LogP contribution in [0.2, 0.25) is 0 Å². The van der Waals surface area contributed by atoms with Crippen molar-refractivity contribution in [3.63, 3.8) is 0 Å². The van der Waals surface area contributed by atoms with E-state index >= 15 is 0 Å². The second-order valence-electron chi connectivity index (χ2n) is 9.30. The van der Waals surface area contributed by atoms with Crippen molar-refractivity contribution in [2.45, 2.75) is 34.1 Å². The van der Waals surface area contributed by atoms with Gasteiger partial charge in [0.25, 0.3) is 5.56 Å². The summed E-state index contributed by atoms with van der Waals surface area (Å²) in [4.78, 5) is 33.2. The summed E-state index contributed by atoms with van der Waals surface area (Å²) >= 11 is 0. The molecule has 206 valence electrons. The molecule has 3 aromatic rings. The van der Waals surface area contributed by atoms with Gasteiger partial charge in [0.1, 0.15) is 5.82 Å². The minimum atomic E-state index is -0.536. The van der Waals surface area contributed by atoms with Crippen LogP contribution in [-0.2, 0) is 4.74 Å². The zero-order valence-electron chi connectivity index (χ0n) is 23.1. The number of anilines is 3. The molecule has 3 heterocycles. The van der Waals surface area contributed by atoms with Crippen molar-refractivity contribution >= 4 is 34.9 Å². The summed E-state index contributed by atoms with van der Waals surface area (Å²) in [6.07, 6.45) is 6.10. The molecule has 0 radical (unpaired) electrons. The summed E-state index contributed by atoms with van der Waals surface area (Å²) in [5.41, 5.74) is 10.9. The van der Waals surface area contributed by atoms with Gasteiger partial charge in [-0.1, -0.05) is 26.8 Å². The van der Waals surface area contributed by atoms with E-state index in [9.17, 15) is 9.59 Å². The van der Waals surface area contributed by atoms with Gasteiger partial charge in [-0.25, -0.2) is 4.98 Å². The van der Waals surface area contributed by atoms with E-state index in [4.69, 9.17) is 10.5 Å². The highest BCUT2D eigenvalue weighted by Gasteiger charge is 2.15. The normalized spacial score (nSPS) is 13.2. The third-order valence-electron chi connectivity index (χ3n) is 5.88. The van der Waals surface area contributed by atoms with E-state index in [1.807, 2.05) is 25.1 Å². The number of pyridine rings is 2. The van der Waals surface area contributed by atoms with Crippen LogP contribution in [0, 0.1) is 6.92 Å². The first kappa shape index (κ1) is 29.2. The maximum atomic E-state index is 12.8. The topological polar surface area (TPSA) is 125 Å². The number of hydrogen-bond acceptors (Lipinski definition) is 7. The highest BCUT2D eigenvalue weighted by molar-refractivity contribution is 5.92. The fraction of sp³-hybridized carbons (Fsp3) is 0.300. The number of rotatable bonds is 8. The van der Waals surface area contributed by atoms with E-state index in [1.165, 1.54) is 18.3 Å². The molecule has 1 aromatic carbocycles. The fourth-order valence-corrected chi connectivity index (χ4v) is 4.14.